The Hall–Kier alpha value is -0.450. The topological polar surface area (TPSA) is 38.8 Å². The highest BCUT2D eigenvalue weighted by molar-refractivity contribution is 5.85. The molecule has 0 N–H and O–H groups in total. The number of hydrogen-bond acceptors (Lipinski definition) is 4. The zero-order valence-corrected chi connectivity index (χ0v) is 11.1. The van der Waals surface area contributed by atoms with E-state index in [9.17, 15) is 4.79 Å². The summed E-state index contributed by atoms with van der Waals surface area (Å²) in [6.45, 7) is 8.51. The molecular weight excluding hydrogens is 218 g/mol. The van der Waals surface area contributed by atoms with Crippen LogP contribution in [-0.2, 0) is 14.3 Å². The van der Waals surface area contributed by atoms with E-state index in [0.717, 1.165) is 45.6 Å². The molecule has 0 heterocycles. The van der Waals surface area contributed by atoms with E-state index < -0.39 is 0 Å². The highest BCUT2D eigenvalue weighted by Crippen LogP contribution is 2.19. The molecule has 100 valence electrons. The highest BCUT2D eigenvalue weighted by Gasteiger charge is 2.29. The van der Waals surface area contributed by atoms with Crippen molar-refractivity contribution in [3.05, 3.63) is 0 Å². The van der Waals surface area contributed by atoms with Crippen LogP contribution in [0.2, 0.25) is 0 Å². The maximum absolute atomic E-state index is 11.8. The molecule has 1 rings (SSSR count). The second-order valence-electron chi connectivity index (χ2n) is 4.30. The smallest absolute Gasteiger partial charge is 0.149 e. The summed E-state index contributed by atoms with van der Waals surface area (Å²) in [5.41, 5.74) is 0. The largest absolute Gasteiger partial charge is 0.380 e. The van der Waals surface area contributed by atoms with Crippen molar-refractivity contribution < 1.29 is 14.3 Å². The lowest BCUT2D eigenvalue weighted by Gasteiger charge is -2.27. The fourth-order valence-electron chi connectivity index (χ4n) is 2.26. The molecule has 1 unspecified atom stereocenters. The van der Waals surface area contributed by atoms with Gasteiger partial charge >= 0.3 is 0 Å². The Bertz CT molecular complexity index is 211. The Morgan fingerprint density at radius 1 is 1.18 bits per heavy atom. The van der Waals surface area contributed by atoms with Crippen LogP contribution in [0.3, 0.4) is 0 Å². The fraction of sp³-hybridized carbons (Fsp3) is 0.923. The van der Waals surface area contributed by atoms with Crippen LogP contribution in [0, 0.1) is 0 Å². The molecule has 0 saturated heterocycles. The van der Waals surface area contributed by atoms with Gasteiger partial charge in [-0.15, -0.1) is 0 Å². The van der Waals surface area contributed by atoms with Crippen molar-refractivity contribution >= 4 is 5.78 Å². The Balaban J connectivity index is 2.36. The van der Waals surface area contributed by atoms with Gasteiger partial charge in [0.25, 0.3) is 0 Å². The van der Waals surface area contributed by atoms with Crippen molar-refractivity contribution in [1.82, 2.24) is 4.90 Å². The van der Waals surface area contributed by atoms with Crippen LogP contribution in [0.5, 0.6) is 0 Å². The van der Waals surface area contributed by atoms with Gasteiger partial charge in [0.05, 0.1) is 19.3 Å². The normalized spacial score (nSPS) is 20.4. The molecule has 1 atom stereocenters. The summed E-state index contributed by atoms with van der Waals surface area (Å²) in [4.78, 5) is 14.0. The first kappa shape index (κ1) is 14.6. The third kappa shape index (κ3) is 5.15. The molecule has 1 fully saturated rings. The second kappa shape index (κ2) is 8.61. The molecule has 1 saturated carbocycles. The van der Waals surface area contributed by atoms with Crippen LogP contribution in [0.1, 0.15) is 33.1 Å². The number of ether oxygens (including phenoxy) is 2. The van der Waals surface area contributed by atoms with Crippen molar-refractivity contribution in [3.8, 4) is 0 Å². The molecule has 0 radical (unpaired) electrons. The van der Waals surface area contributed by atoms with Crippen LogP contribution < -0.4 is 0 Å². The third-order valence-electron chi connectivity index (χ3n) is 3.17. The van der Waals surface area contributed by atoms with E-state index in [1.807, 2.05) is 13.8 Å². The molecule has 4 nitrogen and oxygen atoms in total. The standard InChI is InChI=1S/C13H25NO3/c1-3-16-10-8-14(9-11-17-4-2)12-6-5-7-13(12)15/h12H,3-11H2,1-2H3. The average Bonchev–Trinajstić information content (AvgIpc) is 2.74. The molecular formula is C13H25NO3. The van der Waals surface area contributed by atoms with Gasteiger partial charge in [0, 0.05) is 32.7 Å². The molecule has 4 heteroatoms. The van der Waals surface area contributed by atoms with Crippen molar-refractivity contribution in [2.24, 2.45) is 0 Å². The van der Waals surface area contributed by atoms with Crippen molar-refractivity contribution in [3.63, 3.8) is 0 Å². The van der Waals surface area contributed by atoms with Crippen molar-refractivity contribution in [1.29, 1.82) is 0 Å². The minimum absolute atomic E-state index is 0.107. The second-order valence-corrected chi connectivity index (χ2v) is 4.30. The van der Waals surface area contributed by atoms with Gasteiger partial charge < -0.3 is 9.47 Å². The SMILES string of the molecule is CCOCCN(CCOCC)C1CCCC1=O. The van der Waals surface area contributed by atoms with Gasteiger partial charge in [-0.1, -0.05) is 0 Å². The first-order valence-corrected chi connectivity index (χ1v) is 6.71. The van der Waals surface area contributed by atoms with Gasteiger partial charge in [-0.3, -0.25) is 9.69 Å². The lowest BCUT2D eigenvalue weighted by molar-refractivity contribution is -0.122. The molecule has 0 aromatic rings. The summed E-state index contributed by atoms with van der Waals surface area (Å²) in [7, 11) is 0. The molecule has 17 heavy (non-hydrogen) atoms. The Morgan fingerprint density at radius 2 is 1.76 bits per heavy atom. The van der Waals surface area contributed by atoms with E-state index in [1.165, 1.54) is 0 Å². The monoisotopic (exact) mass is 243 g/mol. The molecule has 1 aliphatic carbocycles. The zero-order valence-electron chi connectivity index (χ0n) is 11.1. The summed E-state index contributed by atoms with van der Waals surface area (Å²) >= 11 is 0. The lowest BCUT2D eigenvalue weighted by atomic mass is 10.2. The first-order valence-electron chi connectivity index (χ1n) is 6.71. The predicted molar refractivity (Wildman–Crippen MR) is 67.2 cm³/mol. The highest BCUT2D eigenvalue weighted by atomic mass is 16.5. The number of nitrogens with zero attached hydrogens (tertiary/aromatic N) is 1. The van der Waals surface area contributed by atoms with Crippen LogP contribution in [0.15, 0.2) is 0 Å². The summed E-state index contributed by atoms with van der Waals surface area (Å²) < 4.78 is 10.7. The summed E-state index contributed by atoms with van der Waals surface area (Å²) in [5, 5.41) is 0. The molecule has 0 amide bonds. The zero-order chi connectivity index (χ0) is 12.5. The quantitative estimate of drug-likeness (QED) is 0.575. The van der Waals surface area contributed by atoms with Gasteiger partial charge in [-0.2, -0.15) is 0 Å². The Labute approximate surface area is 104 Å². The van der Waals surface area contributed by atoms with Gasteiger partial charge in [-0.05, 0) is 26.7 Å². The van der Waals surface area contributed by atoms with Gasteiger partial charge in [0.2, 0.25) is 0 Å². The van der Waals surface area contributed by atoms with E-state index in [4.69, 9.17) is 9.47 Å². The van der Waals surface area contributed by atoms with Crippen molar-refractivity contribution in [2.75, 3.05) is 39.5 Å². The first-order chi connectivity index (χ1) is 8.29. The van der Waals surface area contributed by atoms with Crippen LogP contribution in [0.25, 0.3) is 0 Å². The Morgan fingerprint density at radius 3 is 2.18 bits per heavy atom. The van der Waals surface area contributed by atoms with E-state index in [1.54, 1.807) is 0 Å². The number of rotatable bonds is 9. The summed E-state index contributed by atoms with van der Waals surface area (Å²) in [6, 6.07) is 0.107. The number of Topliss-reactive ketones (excluding diaryl/α,β-unsaturated/α-hetero) is 1. The van der Waals surface area contributed by atoms with E-state index in [2.05, 4.69) is 4.90 Å². The molecule has 1 aliphatic rings. The summed E-state index contributed by atoms with van der Waals surface area (Å²) in [6.07, 6.45) is 2.77. The maximum Gasteiger partial charge on any atom is 0.149 e. The lowest BCUT2D eigenvalue weighted by Crippen LogP contribution is -2.42. The van der Waals surface area contributed by atoms with Gasteiger partial charge in [0.1, 0.15) is 5.78 Å². The predicted octanol–water partition coefficient (Wildman–Crippen LogP) is 1.48. The van der Waals surface area contributed by atoms with E-state index >= 15 is 0 Å². The van der Waals surface area contributed by atoms with Gasteiger partial charge in [0.15, 0.2) is 0 Å². The van der Waals surface area contributed by atoms with Crippen molar-refractivity contribution in [2.45, 2.75) is 39.2 Å². The number of carbonyl (C=O) groups excluding carboxylic acids is 1. The number of carbonyl (C=O) groups is 1. The fourth-order valence-corrected chi connectivity index (χ4v) is 2.26. The van der Waals surface area contributed by atoms with Crippen LogP contribution >= 0.6 is 0 Å². The number of ketones is 1. The minimum atomic E-state index is 0.107. The average molecular weight is 243 g/mol. The summed E-state index contributed by atoms with van der Waals surface area (Å²) in [5.74, 6) is 0.387. The molecule has 0 aliphatic heterocycles. The molecule has 0 bridgehead atoms. The van der Waals surface area contributed by atoms with Gasteiger partial charge in [-0.25, -0.2) is 0 Å². The van der Waals surface area contributed by atoms with Crippen LogP contribution in [-0.4, -0.2) is 56.2 Å². The molecule has 0 aromatic carbocycles. The maximum atomic E-state index is 11.8. The van der Waals surface area contributed by atoms with E-state index in [0.29, 0.717) is 19.0 Å². The number of hydrogen-bond donors (Lipinski definition) is 0. The molecule has 0 spiro atoms. The minimum Gasteiger partial charge on any atom is -0.380 e. The third-order valence-corrected chi connectivity index (χ3v) is 3.17. The molecule has 0 aromatic heterocycles. The Kier molecular flexibility index (Phi) is 7.40. The van der Waals surface area contributed by atoms with Crippen LogP contribution in [0.4, 0.5) is 0 Å². The van der Waals surface area contributed by atoms with E-state index in [-0.39, 0.29) is 6.04 Å².